The van der Waals surface area contributed by atoms with E-state index in [0.29, 0.717) is 36.3 Å². The minimum Gasteiger partial charge on any atom is -0.419 e. The maximum Gasteiger partial charge on any atom is 0.253 e. The number of piperazine rings is 1. The normalized spacial score (nSPS) is 15.3. The van der Waals surface area contributed by atoms with Crippen LogP contribution in [-0.2, 0) is 13.1 Å². The first-order chi connectivity index (χ1) is 15.7. The van der Waals surface area contributed by atoms with Crippen molar-refractivity contribution in [2.75, 3.05) is 26.2 Å². The van der Waals surface area contributed by atoms with E-state index in [0.717, 1.165) is 42.9 Å². The van der Waals surface area contributed by atoms with E-state index in [1.807, 2.05) is 49.4 Å². The molecule has 5 rings (SSSR count). The summed E-state index contributed by atoms with van der Waals surface area (Å²) in [5, 5.41) is 12.7. The molecule has 1 fully saturated rings. The van der Waals surface area contributed by atoms with Crippen LogP contribution in [-0.4, -0.2) is 51.3 Å². The van der Waals surface area contributed by atoms with Crippen molar-refractivity contribution in [2.45, 2.75) is 20.0 Å². The summed E-state index contributed by atoms with van der Waals surface area (Å²) in [7, 11) is 0. The summed E-state index contributed by atoms with van der Waals surface area (Å²) in [6.07, 6.45) is 0. The number of hydrogen-bond donors (Lipinski definition) is 0. The summed E-state index contributed by atoms with van der Waals surface area (Å²) >= 11 is 0. The Morgan fingerprint density at radius 2 is 1.56 bits per heavy atom. The van der Waals surface area contributed by atoms with Gasteiger partial charge in [0.1, 0.15) is 22.8 Å². The van der Waals surface area contributed by atoms with Crippen molar-refractivity contribution in [3.8, 4) is 22.7 Å². The number of aryl methyl sites for hydroxylation is 1. The predicted molar refractivity (Wildman–Crippen MR) is 117 cm³/mol. The molecule has 2 aromatic heterocycles. The fraction of sp³-hybridized carbons (Fsp3) is 0.292. The molecular formula is C24H24FN5O2. The first-order valence-corrected chi connectivity index (χ1v) is 10.7. The standard InChI is InChI=1S/C24H24FN5O2/c1-17-22(23(28-32-17)18-7-3-2-4-8-18)24-27-26-21(31-24)16-30-13-11-29(12-14-30)15-19-9-5-6-10-20(19)25/h2-10H,11-16H2,1H3. The molecule has 32 heavy (non-hydrogen) atoms. The molecule has 0 atom stereocenters. The predicted octanol–water partition coefficient (Wildman–Crippen LogP) is 4.16. The lowest BCUT2D eigenvalue weighted by Crippen LogP contribution is -2.45. The molecule has 164 valence electrons. The first kappa shape index (κ1) is 20.5. The fourth-order valence-corrected chi connectivity index (χ4v) is 4.00. The van der Waals surface area contributed by atoms with Crippen molar-refractivity contribution >= 4 is 0 Å². The molecule has 0 N–H and O–H groups in total. The smallest absolute Gasteiger partial charge is 0.253 e. The van der Waals surface area contributed by atoms with Crippen molar-refractivity contribution in [1.29, 1.82) is 0 Å². The number of rotatable bonds is 6. The maximum absolute atomic E-state index is 13.9. The summed E-state index contributed by atoms with van der Waals surface area (Å²) in [5.74, 6) is 1.46. The molecule has 1 aliphatic heterocycles. The van der Waals surface area contributed by atoms with Crippen LogP contribution in [0.3, 0.4) is 0 Å². The van der Waals surface area contributed by atoms with Gasteiger partial charge in [0.15, 0.2) is 0 Å². The Hall–Kier alpha value is -3.36. The van der Waals surface area contributed by atoms with Gasteiger partial charge in [0, 0.05) is 43.9 Å². The van der Waals surface area contributed by atoms with Gasteiger partial charge in [-0.1, -0.05) is 53.7 Å². The second-order valence-electron chi connectivity index (χ2n) is 7.97. The third-order valence-corrected chi connectivity index (χ3v) is 5.77. The molecule has 0 bridgehead atoms. The fourth-order valence-electron chi connectivity index (χ4n) is 4.00. The molecule has 4 aromatic rings. The number of benzene rings is 2. The minimum atomic E-state index is -0.146. The van der Waals surface area contributed by atoms with Crippen LogP contribution in [0, 0.1) is 12.7 Å². The molecular weight excluding hydrogens is 409 g/mol. The first-order valence-electron chi connectivity index (χ1n) is 10.7. The highest BCUT2D eigenvalue weighted by Gasteiger charge is 2.24. The Labute approximate surface area is 185 Å². The third-order valence-electron chi connectivity index (χ3n) is 5.77. The Balaban J connectivity index is 1.23. The van der Waals surface area contributed by atoms with Crippen LogP contribution in [0.1, 0.15) is 17.2 Å². The summed E-state index contributed by atoms with van der Waals surface area (Å²) in [6.45, 7) is 6.47. The van der Waals surface area contributed by atoms with Crippen LogP contribution in [0.4, 0.5) is 4.39 Å². The van der Waals surface area contributed by atoms with Gasteiger partial charge in [-0.15, -0.1) is 10.2 Å². The largest absolute Gasteiger partial charge is 0.419 e. The molecule has 0 unspecified atom stereocenters. The van der Waals surface area contributed by atoms with Crippen molar-refractivity contribution < 1.29 is 13.3 Å². The average molecular weight is 433 g/mol. The van der Waals surface area contributed by atoms with Crippen LogP contribution < -0.4 is 0 Å². The monoisotopic (exact) mass is 433 g/mol. The van der Waals surface area contributed by atoms with Crippen molar-refractivity contribution in [1.82, 2.24) is 25.2 Å². The Morgan fingerprint density at radius 1 is 0.875 bits per heavy atom. The van der Waals surface area contributed by atoms with Gasteiger partial charge in [-0.3, -0.25) is 9.80 Å². The van der Waals surface area contributed by atoms with Gasteiger partial charge in [-0.25, -0.2) is 4.39 Å². The Bertz CT molecular complexity index is 1180. The lowest BCUT2D eigenvalue weighted by molar-refractivity contribution is 0.114. The van der Waals surface area contributed by atoms with Gasteiger partial charge in [0.05, 0.1) is 6.54 Å². The van der Waals surface area contributed by atoms with Crippen LogP contribution in [0.2, 0.25) is 0 Å². The molecule has 1 saturated heterocycles. The summed E-state index contributed by atoms with van der Waals surface area (Å²) in [4.78, 5) is 4.54. The van der Waals surface area contributed by atoms with E-state index in [-0.39, 0.29) is 5.82 Å². The van der Waals surface area contributed by atoms with Gasteiger partial charge < -0.3 is 8.94 Å². The topological polar surface area (TPSA) is 71.4 Å². The van der Waals surface area contributed by atoms with E-state index < -0.39 is 0 Å². The van der Waals surface area contributed by atoms with Gasteiger partial charge in [-0.05, 0) is 13.0 Å². The van der Waals surface area contributed by atoms with Crippen LogP contribution >= 0.6 is 0 Å². The average Bonchev–Trinajstić information content (AvgIpc) is 3.43. The van der Waals surface area contributed by atoms with Crippen molar-refractivity contribution in [3.63, 3.8) is 0 Å². The second-order valence-corrected chi connectivity index (χ2v) is 7.97. The molecule has 0 aliphatic carbocycles. The zero-order chi connectivity index (χ0) is 21.9. The Kier molecular flexibility index (Phi) is 5.79. The van der Waals surface area contributed by atoms with Gasteiger partial charge >= 0.3 is 0 Å². The van der Waals surface area contributed by atoms with Gasteiger partial charge in [-0.2, -0.15) is 0 Å². The molecule has 0 radical (unpaired) electrons. The Morgan fingerprint density at radius 3 is 2.31 bits per heavy atom. The maximum atomic E-state index is 13.9. The lowest BCUT2D eigenvalue weighted by Gasteiger charge is -2.33. The quantitative estimate of drug-likeness (QED) is 0.452. The van der Waals surface area contributed by atoms with E-state index in [2.05, 4.69) is 25.2 Å². The van der Waals surface area contributed by atoms with Crippen molar-refractivity contribution in [3.05, 3.63) is 77.6 Å². The van der Waals surface area contributed by atoms with Crippen LogP contribution in [0.25, 0.3) is 22.7 Å². The van der Waals surface area contributed by atoms with E-state index in [1.165, 1.54) is 6.07 Å². The molecule has 8 heteroatoms. The number of hydrogen-bond acceptors (Lipinski definition) is 7. The molecule has 0 amide bonds. The third kappa shape index (κ3) is 4.32. The zero-order valence-electron chi connectivity index (χ0n) is 17.9. The molecule has 1 aliphatic rings. The summed E-state index contributed by atoms with van der Waals surface area (Å²) in [5.41, 5.74) is 3.09. The zero-order valence-corrected chi connectivity index (χ0v) is 17.9. The molecule has 0 spiro atoms. The highest BCUT2D eigenvalue weighted by Crippen LogP contribution is 2.33. The lowest BCUT2D eigenvalue weighted by atomic mass is 10.1. The molecule has 2 aromatic carbocycles. The summed E-state index contributed by atoms with van der Waals surface area (Å²) < 4.78 is 25.3. The minimum absolute atomic E-state index is 0.146. The van der Waals surface area contributed by atoms with E-state index in [4.69, 9.17) is 8.94 Å². The highest BCUT2D eigenvalue weighted by atomic mass is 19.1. The van der Waals surface area contributed by atoms with Crippen LogP contribution in [0.15, 0.2) is 63.5 Å². The van der Waals surface area contributed by atoms with Crippen LogP contribution in [0.5, 0.6) is 0 Å². The second kappa shape index (κ2) is 9.02. The van der Waals surface area contributed by atoms with E-state index in [9.17, 15) is 4.39 Å². The van der Waals surface area contributed by atoms with E-state index in [1.54, 1.807) is 6.07 Å². The number of nitrogens with zero attached hydrogens (tertiary/aromatic N) is 5. The van der Waals surface area contributed by atoms with Crippen molar-refractivity contribution in [2.24, 2.45) is 0 Å². The highest BCUT2D eigenvalue weighted by molar-refractivity contribution is 5.77. The summed E-state index contributed by atoms with van der Waals surface area (Å²) in [6, 6.07) is 16.8. The molecule has 0 saturated carbocycles. The van der Waals surface area contributed by atoms with Gasteiger partial charge in [0.2, 0.25) is 5.89 Å². The SMILES string of the molecule is Cc1onc(-c2ccccc2)c1-c1nnc(CN2CCN(Cc3ccccc3F)CC2)o1. The molecule has 7 nitrogen and oxygen atoms in total. The van der Waals surface area contributed by atoms with Gasteiger partial charge in [0.25, 0.3) is 5.89 Å². The molecule has 3 heterocycles. The number of aromatic nitrogens is 3. The van der Waals surface area contributed by atoms with E-state index >= 15 is 0 Å². The number of halogens is 1.